The number of carbonyl (C=O) groups excluding carboxylic acids is 2. The summed E-state index contributed by atoms with van der Waals surface area (Å²) in [4.78, 5) is 53.2. The van der Waals surface area contributed by atoms with Crippen LogP contribution in [0, 0.1) is 29.2 Å². The zero-order valence-electron chi connectivity index (χ0n) is 21.4. The van der Waals surface area contributed by atoms with Crippen LogP contribution in [0.1, 0.15) is 33.2 Å². The monoisotopic (exact) mass is 580 g/mol. The van der Waals surface area contributed by atoms with Gasteiger partial charge in [-0.2, -0.15) is 4.39 Å². The highest BCUT2D eigenvalue weighted by Gasteiger charge is 2.37. The molecule has 0 saturated carbocycles. The number of H-pyrrole nitrogens is 2. The molecule has 1 atom stereocenters. The molecule has 0 saturated heterocycles. The Kier molecular flexibility index (Phi) is 6.32. The van der Waals surface area contributed by atoms with Gasteiger partial charge in [0, 0.05) is 23.9 Å². The number of hydrogen-bond acceptors (Lipinski definition) is 6. The average molecular weight is 580 g/mol. The Hall–Kier alpha value is -5.40. The summed E-state index contributed by atoms with van der Waals surface area (Å²) >= 11 is 0. The second-order valence-electron chi connectivity index (χ2n) is 9.58. The number of hydrogen-bond donors (Lipinski definition) is 3. The number of imidazole rings is 1. The van der Waals surface area contributed by atoms with Crippen LogP contribution in [0.25, 0.3) is 22.4 Å². The van der Waals surface area contributed by atoms with Gasteiger partial charge >= 0.3 is 0 Å². The van der Waals surface area contributed by atoms with Crippen molar-refractivity contribution in [2.24, 2.45) is 0 Å². The Morgan fingerprint density at radius 1 is 0.929 bits per heavy atom. The van der Waals surface area contributed by atoms with E-state index in [1.165, 1.54) is 37.4 Å². The number of fused-ring (bicyclic) bond motifs is 2. The van der Waals surface area contributed by atoms with Crippen molar-refractivity contribution in [3.8, 4) is 11.4 Å². The summed E-state index contributed by atoms with van der Waals surface area (Å²) in [6.45, 7) is 1.50. The zero-order valence-corrected chi connectivity index (χ0v) is 21.4. The van der Waals surface area contributed by atoms with E-state index in [2.05, 4.69) is 25.3 Å². The van der Waals surface area contributed by atoms with E-state index in [0.29, 0.717) is 5.52 Å². The van der Waals surface area contributed by atoms with E-state index in [4.69, 9.17) is 0 Å². The molecular weight excluding hydrogens is 563 g/mol. The quantitative estimate of drug-likeness (QED) is 0.114. The van der Waals surface area contributed by atoms with E-state index in [-0.39, 0.29) is 45.5 Å². The van der Waals surface area contributed by atoms with Crippen molar-refractivity contribution >= 4 is 34.2 Å². The fourth-order valence-electron chi connectivity index (χ4n) is 4.86. The van der Waals surface area contributed by atoms with Gasteiger partial charge in [0.05, 0.1) is 39.7 Å². The number of rotatable bonds is 6. The summed E-state index contributed by atoms with van der Waals surface area (Å²) in [6.07, 6.45) is 1.91. The van der Waals surface area contributed by atoms with Crippen LogP contribution >= 0.6 is 0 Å². The second-order valence-corrected chi connectivity index (χ2v) is 9.58. The third kappa shape index (κ3) is 4.36. The van der Waals surface area contributed by atoms with Gasteiger partial charge < -0.3 is 15.3 Å². The van der Waals surface area contributed by atoms with Gasteiger partial charge in [-0.25, -0.2) is 32.4 Å². The van der Waals surface area contributed by atoms with Crippen molar-refractivity contribution in [2.75, 3.05) is 10.2 Å². The lowest BCUT2D eigenvalue weighted by atomic mass is 10.0. The molecule has 2 amide bonds. The Labute approximate surface area is 232 Å². The first kappa shape index (κ1) is 26.8. The number of carbonyl (C=O) groups is 2. The van der Waals surface area contributed by atoms with Gasteiger partial charge in [-0.1, -0.05) is 0 Å². The van der Waals surface area contributed by atoms with Crippen molar-refractivity contribution in [2.45, 2.75) is 19.4 Å². The zero-order chi connectivity index (χ0) is 29.9. The van der Waals surface area contributed by atoms with Gasteiger partial charge in [0.1, 0.15) is 11.4 Å². The number of nitrogens with one attached hydrogen (secondary N) is 3. The molecule has 0 fully saturated rings. The Bertz CT molecular complexity index is 1910. The number of imide groups is 1. The summed E-state index contributed by atoms with van der Waals surface area (Å²) < 4.78 is 69.0. The SMILES string of the molecule is C[C@H](Cc1c(F)c(F)cc(F)c1F)Nc1cc[nH]c(=O)c1-c1nc2cc3c(cc2[nH]1)C(=O)N(c1ccc(F)nc1)C3=O. The fourth-order valence-corrected chi connectivity index (χ4v) is 4.86. The van der Waals surface area contributed by atoms with Crippen molar-refractivity contribution in [1.29, 1.82) is 0 Å². The molecule has 0 spiro atoms. The predicted octanol–water partition coefficient (Wildman–Crippen LogP) is 4.85. The van der Waals surface area contributed by atoms with Crippen LogP contribution in [0.5, 0.6) is 0 Å². The summed E-state index contributed by atoms with van der Waals surface area (Å²) in [5.41, 5.74) is -0.506. The van der Waals surface area contributed by atoms with Gasteiger partial charge in [0.25, 0.3) is 17.4 Å². The van der Waals surface area contributed by atoms with Crippen molar-refractivity contribution in [3.05, 3.63) is 105 Å². The number of aromatic nitrogens is 4. The van der Waals surface area contributed by atoms with Crippen LogP contribution in [0.3, 0.4) is 0 Å². The number of anilines is 2. The first-order chi connectivity index (χ1) is 20.0. The summed E-state index contributed by atoms with van der Waals surface area (Å²) in [7, 11) is 0. The number of nitrogens with zero attached hydrogens (tertiary/aromatic N) is 3. The molecule has 0 radical (unpaired) electrons. The molecule has 0 aliphatic carbocycles. The largest absolute Gasteiger partial charge is 0.381 e. The molecule has 2 aromatic carbocycles. The van der Waals surface area contributed by atoms with E-state index in [9.17, 15) is 36.3 Å². The number of pyridine rings is 2. The van der Waals surface area contributed by atoms with Gasteiger partial charge in [0.15, 0.2) is 23.3 Å². The topological polar surface area (TPSA) is 124 Å². The molecule has 9 nitrogen and oxygen atoms in total. The van der Waals surface area contributed by atoms with E-state index < -0.39 is 64.6 Å². The van der Waals surface area contributed by atoms with E-state index in [0.717, 1.165) is 17.2 Å². The van der Waals surface area contributed by atoms with Crippen molar-refractivity contribution in [3.63, 3.8) is 0 Å². The number of amides is 2. The van der Waals surface area contributed by atoms with Crippen LogP contribution in [-0.2, 0) is 6.42 Å². The summed E-state index contributed by atoms with van der Waals surface area (Å²) in [5, 5.41) is 2.92. The fraction of sp³-hybridized carbons (Fsp3) is 0.107. The molecule has 42 heavy (non-hydrogen) atoms. The van der Waals surface area contributed by atoms with Crippen molar-refractivity contribution in [1.82, 2.24) is 19.9 Å². The molecule has 1 aliphatic rings. The Balaban J connectivity index is 1.33. The van der Waals surface area contributed by atoms with Crippen LogP contribution in [0.15, 0.2) is 53.6 Å². The van der Waals surface area contributed by atoms with Gasteiger partial charge in [-0.15, -0.1) is 0 Å². The molecule has 14 heteroatoms. The highest BCUT2D eigenvalue weighted by atomic mass is 19.2. The van der Waals surface area contributed by atoms with Gasteiger partial charge in [0.2, 0.25) is 5.95 Å². The van der Waals surface area contributed by atoms with E-state index >= 15 is 0 Å². The molecule has 0 bridgehead atoms. The molecule has 4 heterocycles. The minimum Gasteiger partial charge on any atom is -0.381 e. The lowest BCUT2D eigenvalue weighted by Gasteiger charge is -2.18. The number of halogens is 5. The number of benzene rings is 2. The number of aromatic amines is 2. The molecule has 212 valence electrons. The molecule has 0 unspecified atom stereocenters. The highest BCUT2D eigenvalue weighted by molar-refractivity contribution is 6.35. The van der Waals surface area contributed by atoms with Crippen LogP contribution in [-0.4, -0.2) is 37.8 Å². The predicted molar refractivity (Wildman–Crippen MR) is 141 cm³/mol. The van der Waals surface area contributed by atoms with Gasteiger partial charge in [-0.05, 0) is 43.7 Å². The summed E-state index contributed by atoms with van der Waals surface area (Å²) in [6, 6.07) is 5.80. The lowest BCUT2D eigenvalue weighted by Crippen LogP contribution is -2.29. The molecule has 5 aromatic rings. The first-order valence-corrected chi connectivity index (χ1v) is 12.4. The van der Waals surface area contributed by atoms with Crippen molar-refractivity contribution < 1.29 is 31.5 Å². The van der Waals surface area contributed by atoms with Crippen LogP contribution in [0.4, 0.5) is 33.3 Å². The Morgan fingerprint density at radius 3 is 2.29 bits per heavy atom. The average Bonchev–Trinajstić information content (AvgIpc) is 3.47. The standard InChI is InChI=1S/C28H17F5N6O3/c1-11(6-15-23(32)16(29)9-17(30)24(15)33)36-18-4-5-34-26(40)22(18)25-37-19-7-13-14(8-20(19)38-25)28(42)39(27(13)41)12-2-3-21(31)35-10-12/h2-5,7-11H,6H2,1H3,(H,37,38)(H2,34,36,40)/t11-/m1/s1. The Morgan fingerprint density at radius 2 is 1.62 bits per heavy atom. The maximum Gasteiger partial charge on any atom is 0.266 e. The maximum absolute atomic E-state index is 14.2. The molecule has 6 rings (SSSR count). The van der Waals surface area contributed by atoms with E-state index in [1.807, 2.05) is 0 Å². The molecular formula is C28H17F5N6O3. The normalized spacial score (nSPS) is 13.6. The minimum absolute atomic E-state index is 0.0104. The van der Waals surface area contributed by atoms with E-state index in [1.54, 1.807) is 0 Å². The van der Waals surface area contributed by atoms with Crippen LogP contribution in [0.2, 0.25) is 0 Å². The molecule has 3 aromatic heterocycles. The van der Waals surface area contributed by atoms with Gasteiger partial charge in [-0.3, -0.25) is 14.4 Å². The smallest absolute Gasteiger partial charge is 0.266 e. The summed E-state index contributed by atoms with van der Waals surface area (Å²) in [5.74, 6) is -8.16. The molecule has 3 N–H and O–H groups in total. The highest BCUT2D eigenvalue weighted by Crippen LogP contribution is 2.33. The molecule has 1 aliphatic heterocycles. The third-order valence-electron chi connectivity index (χ3n) is 6.77. The lowest BCUT2D eigenvalue weighted by molar-refractivity contribution is 0.0926. The third-order valence-corrected chi connectivity index (χ3v) is 6.77. The first-order valence-electron chi connectivity index (χ1n) is 12.4. The second kappa shape index (κ2) is 9.90. The van der Waals surface area contributed by atoms with Crippen LogP contribution < -0.4 is 15.8 Å². The maximum atomic E-state index is 14.2. The minimum atomic E-state index is -1.53.